The zero-order valence-corrected chi connectivity index (χ0v) is 15.4. The zero-order valence-electron chi connectivity index (χ0n) is 14.6. The minimum absolute atomic E-state index is 0.0794. The van der Waals surface area contributed by atoms with Crippen molar-refractivity contribution in [3.05, 3.63) is 59.2 Å². The van der Waals surface area contributed by atoms with E-state index in [1.807, 2.05) is 31.2 Å². The lowest BCUT2D eigenvalue weighted by molar-refractivity contribution is -0.139. The number of amides is 1. The summed E-state index contributed by atoms with van der Waals surface area (Å²) in [6.07, 6.45) is 0. The molecule has 0 fully saturated rings. The maximum absolute atomic E-state index is 12.3. The van der Waals surface area contributed by atoms with Gasteiger partial charge in [0.2, 0.25) is 5.91 Å². The summed E-state index contributed by atoms with van der Waals surface area (Å²) in [7, 11) is 0. The lowest BCUT2D eigenvalue weighted by Gasteiger charge is -2.07. The number of thioether (sulfide) groups is 1. The predicted molar refractivity (Wildman–Crippen MR) is 101 cm³/mol. The third-order valence-electron chi connectivity index (χ3n) is 4.29. The van der Waals surface area contributed by atoms with Crippen molar-refractivity contribution >= 4 is 35.1 Å². The first kappa shape index (κ1) is 18.2. The van der Waals surface area contributed by atoms with Crippen LogP contribution in [0.15, 0.2) is 47.4 Å². The molecule has 1 N–H and O–H groups in total. The summed E-state index contributed by atoms with van der Waals surface area (Å²) in [6.45, 7) is 3.46. The number of anilines is 1. The van der Waals surface area contributed by atoms with Gasteiger partial charge in [0, 0.05) is 16.1 Å². The molecular weight excluding hydrogens is 350 g/mol. The number of esters is 1. The van der Waals surface area contributed by atoms with Gasteiger partial charge in [-0.05, 0) is 49.2 Å². The molecule has 1 aliphatic heterocycles. The summed E-state index contributed by atoms with van der Waals surface area (Å²) in [5, 5.41) is 2.76. The summed E-state index contributed by atoms with van der Waals surface area (Å²) >= 11 is 1.39. The molecule has 0 unspecified atom stereocenters. The number of carbonyl (C=O) groups is 3. The third-order valence-corrected chi connectivity index (χ3v) is 5.44. The second-order valence-electron chi connectivity index (χ2n) is 6.15. The lowest BCUT2D eigenvalue weighted by Crippen LogP contribution is -2.15. The molecule has 0 saturated carbocycles. The van der Waals surface area contributed by atoms with Crippen molar-refractivity contribution < 1.29 is 19.1 Å². The van der Waals surface area contributed by atoms with E-state index in [2.05, 4.69) is 5.32 Å². The summed E-state index contributed by atoms with van der Waals surface area (Å²) < 4.78 is 5.10. The molecule has 0 radical (unpaired) electrons. The smallest absolute Gasteiger partial charge is 0.316 e. The number of fused-ring (bicyclic) bond motifs is 1. The fourth-order valence-corrected chi connectivity index (χ4v) is 3.54. The molecule has 1 heterocycles. The predicted octanol–water partition coefficient (Wildman–Crippen LogP) is 3.57. The van der Waals surface area contributed by atoms with Crippen LogP contribution in [0.25, 0.3) is 0 Å². The van der Waals surface area contributed by atoms with Crippen LogP contribution in [0, 0.1) is 6.92 Å². The van der Waals surface area contributed by atoms with Crippen molar-refractivity contribution in [2.45, 2.75) is 24.7 Å². The average molecular weight is 369 g/mol. The number of aryl methyl sites for hydroxylation is 1. The van der Waals surface area contributed by atoms with Crippen molar-refractivity contribution in [1.29, 1.82) is 0 Å². The van der Waals surface area contributed by atoms with E-state index in [0.29, 0.717) is 5.56 Å². The molecule has 1 aliphatic rings. The molecule has 2 aromatic rings. The zero-order chi connectivity index (χ0) is 18.7. The molecule has 1 atom stereocenters. The summed E-state index contributed by atoms with van der Waals surface area (Å²) in [5.74, 6) is -0.931. The highest BCUT2D eigenvalue weighted by atomic mass is 32.2. The van der Waals surface area contributed by atoms with Crippen LogP contribution in [-0.4, -0.2) is 30.0 Å². The van der Waals surface area contributed by atoms with Crippen molar-refractivity contribution in [3.63, 3.8) is 0 Å². The standard InChI is InChI=1S/C20H19NO4S/c1-12-5-3-4-6-18(12)26-11-19(23)25-10-17(22)14-7-8-16-15(9-14)13(2)20(24)21-16/h3-9,13H,10-11H2,1-2H3,(H,21,24)/t13-/m0/s1. The van der Waals surface area contributed by atoms with Crippen LogP contribution in [0.2, 0.25) is 0 Å². The first-order valence-electron chi connectivity index (χ1n) is 8.28. The van der Waals surface area contributed by atoms with Gasteiger partial charge < -0.3 is 10.1 Å². The Balaban J connectivity index is 1.54. The lowest BCUT2D eigenvalue weighted by atomic mass is 9.99. The summed E-state index contributed by atoms with van der Waals surface area (Å²) in [5.41, 5.74) is 3.05. The van der Waals surface area contributed by atoms with E-state index in [4.69, 9.17) is 4.74 Å². The van der Waals surface area contributed by atoms with Gasteiger partial charge in [-0.25, -0.2) is 0 Å². The molecule has 26 heavy (non-hydrogen) atoms. The number of nitrogens with one attached hydrogen (secondary N) is 1. The van der Waals surface area contributed by atoms with Crippen LogP contribution in [0.5, 0.6) is 0 Å². The fourth-order valence-electron chi connectivity index (χ4n) is 2.72. The van der Waals surface area contributed by atoms with Crippen LogP contribution in [0.1, 0.15) is 34.3 Å². The maximum Gasteiger partial charge on any atom is 0.316 e. The first-order valence-corrected chi connectivity index (χ1v) is 9.26. The number of hydrogen-bond acceptors (Lipinski definition) is 5. The van der Waals surface area contributed by atoms with Crippen molar-refractivity contribution in [2.75, 3.05) is 17.7 Å². The molecule has 0 saturated heterocycles. The second-order valence-corrected chi connectivity index (χ2v) is 7.17. The molecule has 0 bridgehead atoms. The first-order chi connectivity index (χ1) is 12.5. The highest BCUT2D eigenvalue weighted by Crippen LogP contribution is 2.32. The van der Waals surface area contributed by atoms with Crippen molar-refractivity contribution in [3.8, 4) is 0 Å². The molecule has 1 amide bonds. The Hall–Kier alpha value is -2.60. The quantitative estimate of drug-likeness (QED) is 0.479. The highest BCUT2D eigenvalue weighted by molar-refractivity contribution is 8.00. The number of rotatable bonds is 6. The molecular formula is C20H19NO4S. The van der Waals surface area contributed by atoms with E-state index in [9.17, 15) is 14.4 Å². The Morgan fingerprint density at radius 1 is 1.19 bits per heavy atom. The number of benzene rings is 2. The van der Waals surface area contributed by atoms with E-state index >= 15 is 0 Å². The van der Waals surface area contributed by atoms with Gasteiger partial charge in [0.15, 0.2) is 12.4 Å². The Labute approximate surface area is 156 Å². The Bertz CT molecular complexity index is 878. The van der Waals surface area contributed by atoms with Crippen LogP contribution in [-0.2, 0) is 14.3 Å². The number of hydrogen-bond donors (Lipinski definition) is 1. The number of carbonyl (C=O) groups excluding carboxylic acids is 3. The Morgan fingerprint density at radius 3 is 2.73 bits per heavy atom. The molecule has 0 spiro atoms. The minimum Gasteiger partial charge on any atom is -0.457 e. The Morgan fingerprint density at radius 2 is 1.96 bits per heavy atom. The van der Waals surface area contributed by atoms with E-state index in [1.165, 1.54) is 11.8 Å². The van der Waals surface area contributed by atoms with Crippen LogP contribution in [0.4, 0.5) is 5.69 Å². The van der Waals surface area contributed by atoms with Crippen LogP contribution < -0.4 is 5.32 Å². The highest BCUT2D eigenvalue weighted by Gasteiger charge is 2.27. The second kappa shape index (κ2) is 7.74. The van der Waals surface area contributed by atoms with Gasteiger partial charge in [-0.3, -0.25) is 14.4 Å². The van der Waals surface area contributed by atoms with Gasteiger partial charge >= 0.3 is 5.97 Å². The van der Waals surface area contributed by atoms with E-state index in [1.54, 1.807) is 25.1 Å². The molecule has 0 aliphatic carbocycles. The minimum atomic E-state index is -0.432. The average Bonchev–Trinajstić information content (AvgIpc) is 2.92. The monoisotopic (exact) mass is 369 g/mol. The third kappa shape index (κ3) is 3.96. The van der Waals surface area contributed by atoms with E-state index < -0.39 is 5.97 Å². The summed E-state index contributed by atoms with van der Waals surface area (Å²) in [4.78, 5) is 36.9. The maximum atomic E-state index is 12.3. The molecule has 134 valence electrons. The van der Waals surface area contributed by atoms with E-state index in [-0.39, 0.29) is 30.0 Å². The summed E-state index contributed by atoms with van der Waals surface area (Å²) in [6, 6.07) is 12.8. The van der Waals surface area contributed by atoms with Crippen molar-refractivity contribution in [2.24, 2.45) is 0 Å². The van der Waals surface area contributed by atoms with Gasteiger partial charge in [-0.1, -0.05) is 18.2 Å². The SMILES string of the molecule is Cc1ccccc1SCC(=O)OCC(=O)c1ccc2c(c1)[C@H](C)C(=O)N2. The van der Waals surface area contributed by atoms with Crippen LogP contribution in [0.3, 0.4) is 0 Å². The molecule has 0 aromatic heterocycles. The largest absolute Gasteiger partial charge is 0.457 e. The van der Waals surface area contributed by atoms with Gasteiger partial charge in [-0.15, -0.1) is 11.8 Å². The topological polar surface area (TPSA) is 72.5 Å². The molecule has 3 rings (SSSR count). The van der Waals surface area contributed by atoms with Crippen LogP contribution >= 0.6 is 11.8 Å². The van der Waals surface area contributed by atoms with Gasteiger partial charge in [0.1, 0.15) is 0 Å². The van der Waals surface area contributed by atoms with Gasteiger partial charge in [0.25, 0.3) is 0 Å². The Kier molecular flexibility index (Phi) is 5.42. The van der Waals surface area contributed by atoms with Crippen molar-refractivity contribution in [1.82, 2.24) is 0 Å². The van der Waals surface area contributed by atoms with Gasteiger partial charge in [0.05, 0.1) is 11.7 Å². The normalized spacial score (nSPS) is 15.3. The molecule has 6 heteroatoms. The molecule has 2 aromatic carbocycles. The van der Waals surface area contributed by atoms with Gasteiger partial charge in [-0.2, -0.15) is 0 Å². The number of ether oxygens (including phenoxy) is 1. The number of Topliss-reactive ketones (excluding diaryl/α,β-unsaturated/α-hetero) is 1. The van der Waals surface area contributed by atoms with E-state index in [0.717, 1.165) is 21.7 Å². The number of ketones is 1. The fraction of sp³-hybridized carbons (Fsp3) is 0.250. The molecule has 5 nitrogen and oxygen atoms in total.